The first-order valence-electron chi connectivity index (χ1n) is 3.69. The third-order valence-electron chi connectivity index (χ3n) is 1.90. The molecule has 0 amide bonds. The highest BCUT2D eigenvalue weighted by Gasteiger charge is 2.12. The summed E-state index contributed by atoms with van der Waals surface area (Å²) in [7, 11) is 0. The van der Waals surface area contributed by atoms with E-state index in [1.807, 2.05) is 6.07 Å². The number of rotatable bonds is 1. The predicted molar refractivity (Wildman–Crippen MR) is 49.4 cm³/mol. The number of nitro groups is 1. The van der Waals surface area contributed by atoms with Gasteiger partial charge in [-0.2, -0.15) is 0 Å². The molecule has 0 aliphatic carbocycles. The number of hydrogen-bond donors (Lipinski definition) is 2. The van der Waals surface area contributed by atoms with Crippen LogP contribution in [-0.2, 0) is 0 Å². The number of nitrogens with zero attached hydrogens (tertiary/aromatic N) is 1. The molecule has 0 bridgehead atoms. The Balaban J connectivity index is 2.76. The Hall–Kier alpha value is -2.04. The smallest absolute Gasteiger partial charge is 0.294 e. The zero-order valence-corrected chi connectivity index (χ0v) is 6.65. The van der Waals surface area contributed by atoms with Crippen molar-refractivity contribution in [3.63, 3.8) is 0 Å². The molecule has 0 saturated carbocycles. The number of fused-ring (bicyclic) bond motifs is 1. The fourth-order valence-electron chi connectivity index (χ4n) is 1.26. The van der Waals surface area contributed by atoms with E-state index in [9.17, 15) is 10.1 Å². The summed E-state index contributed by atoms with van der Waals surface area (Å²) in [6.45, 7) is 0. The molecule has 0 unspecified atom stereocenters. The second kappa shape index (κ2) is 2.48. The van der Waals surface area contributed by atoms with Gasteiger partial charge in [-0.1, -0.05) is 0 Å². The van der Waals surface area contributed by atoms with Gasteiger partial charge in [0.25, 0.3) is 5.69 Å². The van der Waals surface area contributed by atoms with E-state index in [1.54, 1.807) is 12.3 Å². The minimum Gasteiger partial charge on any atom is -0.393 e. The van der Waals surface area contributed by atoms with Crippen LogP contribution in [0.2, 0.25) is 0 Å². The van der Waals surface area contributed by atoms with Gasteiger partial charge in [0.05, 0.1) is 10.4 Å². The monoisotopic (exact) mass is 177 g/mol. The fraction of sp³-hybridized carbons (Fsp3) is 0. The molecule has 1 heterocycles. The number of anilines is 1. The van der Waals surface area contributed by atoms with Gasteiger partial charge >= 0.3 is 0 Å². The molecule has 13 heavy (non-hydrogen) atoms. The zero-order valence-electron chi connectivity index (χ0n) is 6.65. The zero-order chi connectivity index (χ0) is 9.42. The van der Waals surface area contributed by atoms with E-state index in [4.69, 9.17) is 5.73 Å². The summed E-state index contributed by atoms with van der Waals surface area (Å²) in [5, 5.41) is 11.4. The Bertz CT molecular complexity index is 475. The number of nitrogens with one attached hydrogen (secondary N) is 1. The quantitative estimate of drug-likeness (QED) is 0.394. The molecule has 66 valence electrons. The maximum Gasteiger partial charge on any atom is 0.294 e. The van der Waals surface area contributed by atoms with Crippen molar-refractivity contribution in [2.75, 3.05) is 5.73 Å². The van der Waals surface area contributed by atoms with Gasteiger partial charge in [0.2, 0.25) is 0 Å². The van der Waals surface area contributed by atoms with Crippen molar-refractivity contribution in [2.45, 2.75) is 0 Å². The van der Waals surface area contributed by atoms with Gasteiger partial charge in [0.1, 0.15) is 5.69 Å². The highest BCUT2D eigenvalue weighted by molar-refractivity contribution is 5.87. The maximum absolute atomic E-state index is 10.5. The van der Waals surface area contributed by atoms with Gasteiger partial charge in [-0.05, 0) is 12.1 Å². The first-order valence-corrected chi connectivity index (χ1v) is 3.69. The predicted octanol–water partition coefficient (Wildman–Crippen LogP) is 1.66. The van der Waals surface area contributed by atoms with Crippen LogP contribution in [0, 0.1) is 10.1 Å². The van der Waals surface area contributed by atoms with Crippen molar-refractivity contribution in [1.29, 1.82) is 0 Å². The Morgan fingerprint density at radius 3 is 2.92 bits per heavy atom. The number of aromatic amines is 1. The summed E-state index contributed by atoms with van der Waals surface area (Å²) in [6, 6.07) is 4.84. The van der Waals surface area contributed by atoms with Gasteiger partial charge in [-0.3, -0.25) is 10.1 Å². The summed E-state index contributed by atoms with van der Waals surface area (Å²) in [6.07, 6.45) is 1.72. The highest BCUT2D eigenvalue weighted by Crippen LogP contribution is 2.26. The molecule has 0 atom stereocenters. The number of benzene rings is 1. The third-order valence-corrected chi connectivity index (χ3v) is 1.90. The maximum atomic E-state index is 10.5. The lowest BCUT2D eigenvalue weighted by Crippen LogP contribution is -1.94. The molecule has 3 N–H and O–H groups in total. The summed E-state index contributed by atoms with van der Waals surface area (Å²) >= 11 is 0. The molecule has 1 aromatic heterocycles. The molecule has 2 rings (SSSR count). The first kappa shape index (κ1) is 7.60. The van der Waals surface area contributed by atoms with Gasteiger partial charge < -0.3 is 10.7 Å². The average molecular weight is 177 g/mol. The molecule has 0 fully saturated rings. The topological polar surface area (TPSA) is 85.0 Å². The first-order chi connectivity index (χ1) is 6.18. The molecule has 5 nitrogen and oxygen atoms in total. The van der Waals surface area contributed by atoms with E-state index >= 15 is 0 Å². The number of nitrogens with two attached hydrogens (primary N) is 1. The molecule has 0 spiro atoms. The minimum atomic E-state index is -0.490. The lowest BCUT2D eigenvalue weighted by Gasteiger charge is -1.96. The van der Waals surface area contributed by atoms with Crippen LogP contribution in [-0.4, -0.2) is 9.91 Å². The Labute approximate surface area is 73.3 Å². The van der Waals surface area contributed by atoms with Gasteiger partial charge in [-0.15, -0.1) is 0 Å². The van der Waals surface area contributed by atoms with Crippen molar-refractivity contribution in [1.82, 2.24) is 4.98 Å². The van der Waals surface area contributed by atoms with Gasteiger partial charge in [0.15, 0.2) is 0 Å². The molecular weight excluding hydrogens is 170 g/mol. The van der Waals surface area contributed by atoms with Gasteiger partial charge in [0, 0.05) is 17.6 Å². The minimum absolute atomic E-state index is 0.0602. The Kier molecular flexibility index (Phi) is 1.45. The van der Waals surface area contributed by atoms with Crippen LogP contribution < -0.4 is 5.73 Å². The SMILES string of the molecule is Nc1cc2cc[nH]c2cc1[N+](=O)[O-]. The standard InChI is InChI=1S/C8H7N3O2/c9-6-3-5-1-2-10-7(5)4-8(6)11(12)13/h1-4,10H,9H2. The molecule has 0 saturated heterocycles. The highest BCUT2D eigenvalue weighted by atomic mass is 16.6. The molecule has 0 aliphatic heterocycles. The van der Waals surface area contributed by atoms with E-state index in [-0.39, 0.29) is 11.4 Å². The lowest BCUT2D eigenvalue weighted by atomic mass is 10.2. The average Bonchev–Trinajstić information content (AvgIpc) is 2.48. The van der Waals surface area contributed by atoms with Crippen LogP contribution in [0.3, 0.4) is 0 Å². The molecule has 1 aromatic carbocycles. The second-order valence-electron chi connectivity index (χ2n) is 2.73. The molecular formula is C8H7N3O2. The van der Waals surface area contributed by atoms with Crippen LogP contribution in [0.4, 0.5) is 11.4 Å². The van der Waals surface area contributed by atoms with Crippen molar-refractivity contribution in [3.8, 4) is 0 Å². The van der Waals surface area contributed by atoms with Crippen molar-refractivity contribution >= 4 is 22.3 Å². The number of nitrogen functional groups attached to an aromatic ring is 1. The second-order valence-corrected chi connectivity index (χ2v) is 2.73. The van der Waals surface area contributed by atoms with E-state index in [1.165, 1.54) is 6.07 Å². The number of H-pyrrole nitrogens is 1. The molecule has 5 heteroatoms. The number of hydrogen-bond acceptors (Lipinski definition) is 3. The van der Waals surface area contributed by atoms with Crippen molar-refractivity contribution < 1.29 is 4.92 Å². The molecule has 2 aromatic rings. The lowest BCUT2D eigenvalue weighted by molar-refractivity contribution is -0.383. The van der Waals surface area contributed by atoms with Crippen LogP contribution in [0.5, 0.6) is 0 Å². The number of nitro benzene ring substituents is 1. The summed E-state index contributed by atoms with van der Waals surface area (Å²) in [4.78, 5) is 12.9. The van der Waals surface area contributed by atoms with Gasteiger partial charge in [-0.25, -0.2) is 0 Å². The van der Waals surface area contributed by atoms with Crippen LogP contribution >= 0.6 is 0 Å². The van der Waals surface area contributed by atoms with Crippen molar-refractivity contribution in [3.05, 3.63) is 34.5 Å². The van der Waals surface area contributed by atoms with Crippen LogP contribution in [0.15, 0.2) is 24.4 Å². The summed E-state index contributed by atoms with van der Waals surface area (Å²) in [5.41, 5.74) is 6.35. The van der Waals surface area contributed by atoms with Crippen LogP contribution in [0.1, 0.15) is 0 Å². The van der Waals surface area contributed by atoms with E-state index in [2.05, 4.69) is 4.98 Å². The summed E-state index contributed by atoms with van der Waals surface area (Å²) < 4.78 is 0. The Morgan fingerprint density at radius 1 is 1.46 bits per heavy atom. The van der Waals surface area contributed by atoms with Crippen LogP contribution in [0.25, 0.3) is 10.9 Å². The van der Waals surface area contributed by atoms with E-state index in [0.29, 0.717) is 0 Å². The summed E-state index contributed by atoms with van der Waals surface area (Å²) in [5.74, 6) is 0. The molecule has 0 aliphatic rings. The molecule has 0 radical (unpaired) electrons. The number of aromatic nitrogens is 1. The van der Waals surface area contributed by atoms with E-state index < -0.39 is 4.92 Å². The Morgan fingerprint density at radius 2 is 2.23 bits per heavy atom. The largest absolute Gasteiger partial charge is 0.393 e. The normalized spacial score (nSPS) is 10.5. The third kappa shape index (κ3) is 1.10. The van der Waals surface area contributed by atoms with Crippen molar-refractivity contribution in [2.24, 2.45) is 0 Å². The van der Waals surface area contributed by atoms with E-state index in [0.717, 1.165) is 10.9 Å². The fourth-order valence-corrected chi connectivity index (χ4v) is 1.26.